The van der Waals surface area contributed by atoms with E-state index in [4.69, 9.17) is 0 Å². The molecule has 2 heteroatoms. The van der Waals surface area contributed by atoms with E-state index in [2.05, 4.69) is 0 Å². The molecule has 1 amide bonds. The molecule has 2 nitrogen and oxygen atoms in total. The molecule has 0 aromatic heterocycles. The SMILES string of the molecule is O=CN1[CH]CCCC1. The number of hydrogen-bond acceptors (Lipinski definition) is 1. The molecule has 0 atom stereocenters. The maximum absolute atomic E-state index is 10.1. The van der Waals surface area contributed by atoms with Crippen molar-refractivity contribution in [3.63, 3.8) is 0 Å². The van der Waals surface area contributed by atoms with Gasteiger partial charge in [0, 0.05) is 6.54 Å². The van der Waals surface area contributed by atoms with Crippen LogP contribution in [0.4, 0.5) is 0 Å². The van der Waals surface area contributed by atoms with Gasteiger partial charge in [-0.1, -0.05) is 0 Å². The van der Waals surface area contributed by atoms with Gasteiger partial charge in [-0.15, -0.1) is 0 Å². The van der Waals surface area contributed by atoms with Crippen LogP contribution in [0.5, 0.6) is 0 Å². The molecular formula is C6H10NO. The molecule has 45 valence electrons. The number of amides is 1. The van der Waals surface area contributed by atoms with Gasteiger partial charge in [0.1, 0.15) is 0 Å². The van der Waals surface area contributed by atoms with Gasteiger partial charge in [-0.2, -0.15) is 0 Å². The van der Waals surface area contributed by atoms with Gasteiger partial charge in [0.2, 0.25) is 6.41 Å². The molecule has 1 fully saturated rings. The Bertz CT molecular complexity index is 76.6. The van der Waals surface area contributed by atoms with Crippen LogP contribution in [-0.4, -0.2) is 17.9 Å². The fourth-order valence-electron chi connectivity index (χ4n) is 0.883. The zero-order chi connectivity index (χ0) is 5.82. The minimum Gasteiger partial charge on any atom is -0.340 e. The van der Waals surface area contributed by atoms with Crippen molar-refractivity contribution in [3.8, 4) is 0 Å². The van der Waals surface area contributed by atoms with Crippen LogP contribution in [0.2, 0.25) is 0 Å². The van der Waals surface area contributed by atoms with E-state index in [1.54, 1.807) is 4.90 Å². The Labute approximate surface area is 49.5 Å². The Balaban J connectivity index is 2.22. The lowest BCUT2D eigenvalue weighted by Gasteiger charge is -2.20. The summed E-state index contributed by atoms with van der Waals surface area (Å²) in [5.41, 5.74) is 0. The molecule has 0 aliphatic carbocycles. The van der Waals surface area contributed by atoms with E-state index in [0.717, 1.165) is 25.8 Å². The maximum atomic E-state index is 10.1. The largest absolute Gasteiger partial charge is 0.340 e. The lowest BCUT2D eigenvalue weighted by Crippen LogP contribution is -2.23. The van der Waals surface area contributed by atoms with Gasteiger partial charge in [-0.05, 0) is 19.3 Å². The summed E-state index contributed by atoms with van der Waals surface area (Å²) >= 11 is 0. The molecule has 8 heavy (non-hydrogen) atoms. The van der Waals surface area contributed by atoms with Gasteiger partial charge in [-0.3, -0.25) is 4.79 Å². The molecule has 1 heterocycles. The number of carbonyl (C=O) groups excluding carboxylic acids is 1. The van der Waals surface area contributed by atoms with Crippen molar-refractivity contribution in [1.82, 2.24) is 4.90 Å². The van der Waals surface area contributed by atoms with E-state index in [1.807, 2.05) is 6.54 Å². The van der Waals surface area contributed by atoms with Gasteiger partial charge in [0.25, 0.3) is 0 Å². The highest BCUT2D eigenvalue weighted by atomic mass is 16.1. The molecule has 0 aromatic rings. The minimum atomic E-state index is 0.888. The first-order chi connectivity index (χ1) is 3.93. The number of likely N-dealkylation sites (tertiary alicyclic amines) is 1. The highest BCUT2D eigenvalue weighted by molar-refractivity contribution is 5.48. The Kier molecular flexibility index (Phi) is 1.89. The van der Waals surface area contributed by atoms with Crippen molar-refractivity contribution >= 4 is 6.41 Å². The molecular weight excluding hydrogens is 102 g/mol. The minimum absolute atomic E-state index is 0.888. The van der Waals surface area contributed by atoms with Gasteiger partial charge in [-0.25, -0.2) is 0 Å². The van der Waals surface area contributed by atoms with Crippen LogP contribution in [0, 0.1) is 6.54 Å². The number of piperidine rings is 1. The summed E-state index contributed by atoms with van der Waals surface area (Å²) < 4.78 is 0. The number of hydrogen-bond donors (Lipinski definition) is 0. The predicted molar refractivity (Wildman–Crippen MR) is 30.9 cm³/mol. The fraction of sp³-hybridized carbons (Fsp3) is 0.667. The van der Waals surface area contributed by atoms with Gasteiger partial charge in [0.15, 0.2) is 0 Å². The van der Waals surface area contributed by atoms with Gasteiger partial charge < -0.3 is 4.90 Å². The van der Waals surface area contributed by atoms with Crippen molar-refractivity contribution in [3.05, 3.63) is 6.54 Å². The molecule has 0 saturated carbocycles. The van der Waals surface area contributed by atoms with Crippen LogP contribution >= 0.6 is 0 Å². The highest BCUT2D eigenvalue weighted by Crippen LogP contribution is 2.09. The smallest absolute Gasteiger partial charge is 0.210 e. The third-order valence-corrected chi connectivity index (χ3v) is 1.37. The van der Waals surface area contributed by atoms with Crippen molar-refractivity contribution in [2.75, 3.05) is 6.54 Å². The fourth-order valence-corrected chi connectivity index (χ4v) is 0.883. The van der Waals surface area contributed by atoms with E-state index < -0.39 is 0 Å². The van der Waals surface area contributed by atoms with Crippen molar-refractivity contribution in [1.29, 1.82) is 0 Å². The molecule has 0 bridgehead atoms. The van der Waals surface area contributed by atoms with E-state index >= 15 is 0 Å². The number of nitrogens with zero attached hydrogens (tertiary/aromatic N) is 1. The predicted octanol–water partition coefficient (Wildman–Crippen LogP) is 0.790. The molecule has 1 rings (SSSR count). The molecule has 0 spiro atoms. The first kappa shape index (κ1) is 5.60. The summed E-state index contributed by atoms with van der Waals surface area (Å²) in [7, 11) is 0. The molecule has 1 aliphatic heterocycles. The van der Waals surface area contributed by atoms with E-state index in [9.17, 15) is 4.79 Å². The number of rotatable bonds is 1. The summed E-state index contributed by atoms with van der Waals surface area (Å²) in [5, 5.41) is 0. The van der Waals surface area contributed by atoms with Gasteiger partial charge in [0.05, 0.1) is 6.54 Å². The summed E-state index contributed by atoms with van der Waals surface area (Å²) in [6.45, 7) is 2.88. The van der Waals surface area contributed by atoms with E-state index in [0.29, 0.717) is 0 Å². The molecule has 0 N–H and O–H groups in total. The van der Waals surface area contributed by atoms with Crippen molar-refractivity contribution < 1.29 is 4.79 Å². The van der Waals surface area contributed by atoms with Crippen LogP contribution in [0.15, 0.2) is 0 Å². The molecule has 0 aromatic carbocycles. The quantitative estimate of drug-likeness (QED) is 0.459. The van der Waals surface area contributed by atoms with Crippen LogP contribution in [0.25, 0.3) is 0 Å². The molecule has 1 radical (unpaired) electrons. The summed E-state index contributed by atoms with van der Waals surface area (Å²) in [5.74, 6) is 0. The standard InChI is InChI=1S/C6H10NO/c8-6-7-4-2-1-3-5-7/h4,6H,1-3,5H2. The Morgan fingerprint density at radius 2 is 2.38 bits per heavy atom. The zero-order valence-electron chi connectivity index (χ0n) is 4.84. The summed E-state index contributed by atoms with van der Waals surface area (Å²) in [4.78, 5) is 11.8. The third-order valence-electron chi connectivity index (χ3n) is 1.37. The average Bonchev–Trinajstić information content (AvgIpc) is 1.90. The second kappa shape index (κ2) is 2.70. The number of carbonyl (C=O) groups is 1. The molecule has 0 unspecified atom stereocenters. The summed E-state index contributed by atoms with van der Waals surface area (Å²) in [6.07, 6.45) is 4.36. The summed E-state index contributed by atoms with van der Waals surface area (Å²) in [6, 6.07) is 0. The maximum Gasteiger partial charge on any atom is 0.210 e. The molecule has 1 aliphatic rings. The molecule has 1 saturated heterocycles. The van der Waals surface area contributed by atoms with E-state index in [1.165, 1.54) is 6.42 Å². The normalized spacial score (nSPS) is 20.8. The lowest BCUT2D eigenvalue weighted by molar-refractivity contribution is -0.117. The third kappa shape index (κ3) is 1.22. The van der Waals surface area contributed by atoms with Crippen LogP contribution in [0.1, 0.15) is 19.3 Å². The first-order valence-corrected chi connectivity index (χ1v) is 2.98. The Hall–Kier alpha value is -0.530. The Morgan fingerprint density at radius 1 is 1.50 bits per heavy atom. The lowest BCUT2D eigenvalue weighted by atomic mass is 10.1. The van der Waals surface area contributed by atoms with Gasteiger partial charge >= 0.3 is 0 Å². The van der Waals surface area contributed by atoms with Crippen LogP contribution < -0.4 is 0 Å². The van der Waals surface area contributed by atoms with Crippen LogP contribution in [-0.2, 0) is 4.79 Å². The van der Waals surface area contributed by atoms with E-state index in [-0.39, 0.29) is 0 Å². The topological polar surface area (TPSA) is 20.3 Å². The second-order valence-electron chi connectivity index (χ2n) is 2.02. The first-order valence-electron chi connectivity index (χ1n) is 2.98. The Morgan fingerprint density at radius 3 is 2.75 bits per heavy atom. The second-order valence-corrected chi connectivity index (χ2v) is 2.02. The van der Waals surface area contributed by atoms with Crippen molar-refractivity contribution in [2.45, 2.75) is 19.3 Å². The average molecular weight is 112 g/mol. The highest BCUT2D eigenvalue weighted by Gasteiger charge is 2.05. The zero-order valence-corrected chi connectivity index (χ0v) is 4.84. The monoisotopic (exact) mass is 112 g/mol. The van der Waals surface area contributed by atoms with Crippen molar-refractivity contribution in [2.24, 2.45) is 0 Å². The van der Waals surface area contributed by atoms with Crippen LogP contribution in [0.3, 0.4) is 0 Å².